The Balaban J connectivity index is 1.48. The van der Waals surface area contributed by atoms with Crippen LogP contribution in [-0.4, -0.2) is 37.2 Å². The van der Waals surface area contributed by atoms with E-state index in [-0.39, 0.29) is 12.1 Å². The molecule has 0 aromatic heterocycles. The predicted octanol–water partition coefficient (Wildman–Crippen LogP) is 4.71. The number of halogens is 2. The Kier molecular flexibility index (Phi) is 6.78. The van der Waals surface area contributed by atoms with Crippen molar-refractivity contribution in [1.82, 2.24) is 10.2 Å². The molecule has 138 valence electrons. The molecule has 0 spiro atoms. The number of urea groups is 1. The predicted molar refractivity (Wildman–Crippen MR) is 105 cm³/mol. The first-order valence-corrected chi connectivity index (χ1v) is 9.52. The third kappa shape index (κ3) is 5.37. The molecule has 1 fully saturated rings. The van der Waals surface area contributed by atoms with Crippen LogP contribution in [0.3, 0.4) is 0 Å². The minimum absolute atomic E-state index is 0.0560. The fourth-order valence-corrected chi connectivity index (χ4v) is 3.58. The van der Waals surface area contributed by atoms with Gasteiger partial charge >= 0.3 is 6.03 Å². The molecule has 2 amide bonds. The molecule has 1 aliphatic heterocycles. The van der Waals surface area contributed by atoms with Crippen LogP contribution in [0.15, 0.2) is 48.5 Å². The molecule has 1 aliphatic rings. The number of carbonyl (C=O) groups is 1. The number of morpholine rings is 1. The Morgan fingerprint density at radius 1 is 1.15 bits per heavy atom. The highest BCUT2D eigenvalue weighted by Crippen LogP contribution is 2.28. The Labute approximate surface area is 164 Å². The van der Waals surface area contributed by atoms with Gasteiger partial charge in [-0.05, 0) is 42.2 Å². The molecular weight excluding hydrogens is 371 g/mol. The van der Waals surface area contributed by atoms with Crippen molar-refractivity contribution >= 4 is 29.2 Å². The van der Waals surface area contributed by atoms with Crippen molar-refractivity contribution in [2.45, 2.75) is 18.9 Å². The molecule has 4 nitrogen and oxygen atoms in total. The van der Waals surface area contributed by atoms with Gasteiger partial charge in [0.15, 0.2) is 0 Å². The number of benzene rings is 2. The summed E-state index contributed by atoms with van der Waals surface area (Å²) in [5, 5.41) is 4.13. The molecule has 0 radical (unpaired) electrons. The van der Waals surface area contributed by atoms with Gasteiger partial charge in [-0.2, -0.15) is 0 Å². The normalized spacial score (nSPS) is 17.2. The molecule has 1 N–H and O–H groups in total. The van der Waals surface area contributed by atoms with Crippen LogP contribution in [0, 0.1) is 0 Å². The van der Waals surface area contributed by atoms with Gasteiger partial charge in [0, 0.05) is 23.1 Å². The second-order valence-electron chi connectivity index (χ2n) is 6.33. The minimum Gasteiger partial charge on any atom is -0.370 e. The van der Waals surface area contributed by atoms with E-state index in [0.29, 0.717) is 36.3 Å². The minimum atomic E-state index is -0.213. The van der Waals surface area contributed by atoms with E-state index in [9.17, 15) is 4.79 Å². The standard InChI is InChI=1S/C20H22Cl2N2O2/c21-17-11-16(12-18(22)13-17)19-14-24(9-10-26-19)20(25)23-8-4-7-15-5-2-1-3-6-15/h1-3,5-6,11-13,19H,4,7-10,14H2,(H,23,25)/t19-/m0/s1. The maximum atomic E-state index is 12.4. The first kappa shape index (κ1) is 19.0. The maximum Gasteiger partial charge on any atom is 0.317 e. The molecule has 6 heteroatoms. The second-order valence-corrected chi connectivity index (χ2v) is 7.20. The lowest BCUT2D eigenvalue weighted by Gasteiger charge is -2.33. The van der Waals surface area contributed by atoms with E-state index in [2.05, 4.69) is 17.4 Å². The maximum absolute atomic E-state index is 12.4. The summed E-state index contributed by atoms with van der Waals surface area (Å²) in [5.74, 6) is 0. The molecule has 0 bridgehead atoms. The van der Waals surface area contributed by atoms with E-state index in [1.165, 1.54) is 5.56 Å². The van der Waals surface area contributed by atoms with Gasteiger partial charge in [0.2, 0.25) is 0 Å². The number of rotatable bonds is 5. The van der Waals surface area contributed by atoms with E-state index in [0.717, 1.165) is 18.4 Å². The van der Waals surface area contributed by atoms with Crippen LogP contribution >= 0.6 is 23.2 Å². The number of aryl methyl sites for hydroxylation is 1. The van der Waals surface area contributed by atoms with Crippen LogP contribution in [0.5, 0.6) is 0 Å². The summed E-state index contributed by atoms with van der Waals surface area (Å²) in [7, 11) is 0. The number of hydrogen-bond acceptors (Lipinski definition) is 2. The smallest absolute Gasteiger partial charge is 0.317 e. The summed E-state index contributed by atoms with van der Waals surface area (Å²) >= 11 is 12.1. The monoisotopic (exact) mass is 392 g/mol. The van der Waals surface area contributed by atoms with E-state index < -0.39 is 0 Å². The van der Waals surface area contributed by atoms with Crippen molar-refractivity contribution in [2.24, 2.45) is 0 Å². The summed E-state index contributed by atoms with van der Waals surface area (Å²) in [6.07, 6.45) is 1.65. The third-order valence-electron chi connectivity index (χ3n) is 4.37. The average Bonchev–Trinajstić information content (AvgIpc) is 2.65. The largest absolute Gasteiger partial charge is 0.370 e. The summed E-state index contributed by atoms with van der Waals surface area (Å²) in [5.41, 5.74) is 2.18. The molecule has 0 unspecified atom stereocenters. The number of hydrogen-bond donors (Lipinski definition) is 1. The summed E-state index contributed by atoms with van der Waals surface area (Å²) in [6.45, 7) is 2.21. The molecule has 1 saturated heterocycles. The summed E-state index contributed by atoms with van der Waals surface area (Å²) in [4.78, 5) is 14.2. The second kappa shape index (κ2) is 9.26. The lowest BCUT2D eigenvalue weighted by molar-refractivity contribution is -0.0154. The van der Waals surface area contributed by atoms with Crippen LogP contribution in [-0.2, 0) is 11.2 Å². The molecule has 2 aromatic carbocycles. The highest BCUT2D eigenvalue weighted by atomic mass is 35.5. The number of ether oxygens (including phenoxy) is 1. The molecule has 1 atom stereocenters. The first-order valence-electron chi connectivity index (χ1n) is 8.76. The van der Waals surface area contributed by atoms with Gasteiger partial charge in [-0.15, -0.1) is 0 Å². The fraction of sp³-hybridized carbons (Fsp3) is 0.350. The summed E-state index contributed by atoms with van der Waals surface area (Å²) < 4.78 is 5.80. The van der Waals surface area contributed by atoms with Gasteiger partial charge in [0.25, 0.3) is 0 Å². The lowest BCUT2D eigenvalue weighted by Crippen LogP contribution is -2.47. The van der Waals surface area contributed by atoms with E-state index in [1.54, 1.807) is 11.0 Å². The Morgan fingerprint density at radius 3 is 2.62 bits per heavy atom. The average molecular weight is 393 g/mol. The van der Waals surface area contributed by atoms with Crippen molar-refractivity contribution in [3.8, 4) is 0 Å². The zero-order chi connectivity index (χ0) is 18.4. The zero-order valence-corrected chi connectivity index (χ0v) is 16.0. The van der Waals surface area contributed by atoms with Gasteiger partial charge in [-0.3, -0.25) is 0 Å². The Hall–Kier alpha value is -1.75. The van der Waals surface area contributed by atoms with Gasteiger partial charge in [-0.25, -0.2) is 4.79 Å². The van der Waals surface area contributed by atoms with E-state index >= 15 is 0 Å². The summed E-state index contributed by atoms with van der Waals surface area (Å²) in [6, 6.07) is 15.6. The van der Waals surface area contributed by atoms with Crippen LogP contribution in [0.25, 0.3) is 0 Å². The van der Waals surface area contributed by atoms with Crippen LogP contribution in [0.2, 0.25) is 10.0 Å². The van der Waals surface area contributed by atoms with Crippen molar-refractivity contribution in [3.05, 3.63) is 69.7 Å². The third-order valence-corrected chi connectivity index (χ3v) is 4.81. The number of carbonyl (C=O) groups excluding carboxylic acids is 1. The molecular formula is C20H22Cl2N2O2. The van der Waals surface area contributed by atoms with Gasteiger partial charge in [0.05, 0.1) is 13.2 Å². The van der Waals surface area contributed by atoms with Crippen molar-refractivity contribution in [3.63, 3.8) is 0 Å². The molecule has 0 saturated carbocycles. The van der Waals surface area contributed by atoms with E-state index in [1.807, 2.05) is 30.3 Å². The van der Waals surface area contributed by atoms with Crippen LogP contribution in [0.1, 0.15) is 23.7 Å². The molecule has 26 heavy (non-hydrogen) atoms. The molecule has 1 heterocycles. The van der Waals surface area contributed by atoms with Crippen molar-refractivity contribution in [1.29, 1.82) is 0 Å². The van der Waals surface area contributed by atoms with Gasteiger partial charge < -0.3 is 15.0 Å². The molecule has 0 aliphatic carbocycles. The Morgan fingerprint density at radius 2 is 1.88 bits per heavy atom. The topological polar surface area (TPSA) is 41.6 Å². The number of nitrogens with zero attached hydrogens (tertiary/aromatic N) is 1. The van der Waals surface area contributed by atoms with Crippen molar-refractivity contribution in [2.75, 3.05) is 26.2 Å². The van der Waals surface area contributed by atoms with Crippen molar-refractivity contribution < 1.29 is 9.53 Å². The van der Waals surface area contributed by atoms with Crippen LogP contribution in [0.4, 0.5) is 4.79 Å². The lowest BCUT2D eigenvalue weighted by atomic mass is 10.1. The first-order chi connectivity index (χ1) is 12.6. The fourth-order valence-electron chi connectivity index (χ4n) is 3.04. The number of amides is 2. The highest BCUT2D eigenvalue weighted by molar-refractivity contribution is 6.34. The number of nitrogens with one attached hydrogen (secondary N) is 1. The van der Waals surface area contributed by atoms with Gasteiger partial charge in [0.1, 0.15) is 6.10 Å². The SMILES string of the molecule is O=C(NCCCc1ccccc1)N1CCO[C@H](c2cc(Cl)cc(Cl)c2)C1. The molecule has 2 aromatic rings. The van der Waals surface area contributed by atoms with E-state index in [4.69, 9.17) is 27.9 Å². The van der Waals surface area contributed by atoms with Gasteiger partial charge in [-0.1, -0.05) is 53.5 Å². The molecule has 3 rings (SSSR count). The zero-order valence-electron chi connectivity index (χ0n) is 14.5. The Bertz CT molecular complexity index is 720. The highest BCUT2D eigenvalue weighted by Gasteiger charge is 2.25. The quantitative estimate of drug-likeness (QED) is 0.748. The van der Waals surface area contributed by atoms with Crippen LogP contribution < -0.4 is 5.32 Å².